The van der Waals surface area contributed by atoms with Crippen molar-refractivity contribution < 1.29 is 4.74 Å². The lowest BCUT2D eigenvalue weighted by molar-refractivity contribution is 0.411. The molecule has 130 valence electrons. The van der Waals surface area contributed by atoms with Crippen molar-refractivity contribution in [3.8, 4) is 17.5 Å². The quantitative estimate of drug-likeness (QED) is 0.602. The van der Waals surface area contributed by atoms with Gasteiger partial charge in [0, 0.05) is 24.2 Å². The van der Waals surface area contributed by atoms with Gasteiger partial charge in [0.25, 0.3) is 0 Å². The average molecular weight is 346 g/mol. The number of methoxy groups -OCH3 is 1. The fourth-order valence-corrected chi connectivity index (χ4v) is 3.57. The maximum absolute atomic E-state index is 9.67. The number of imidazole rings is 1. The van der Waals surface area contributed by atoms with Crippen LogP contribution >= 0.6 is 0 Å². The van der Waals surface area contributed by atoms with Gasteiger partial charge in [0.05, 0.1) is 24.6 Å². The zero-order valence-electron chi connectivity index (χ0n) is 15.0. The molecule has 7 nitrogen and oxygen atoms in total. The molecule has 4 aromatic rings. The highest BCUT2D eigenvalue weighted by Crippen LogP contribution is 2.38. The molecule has 3 aromatic heterocycles. The number of hydrogen-bond acceptors (Lipinski definition) is 5. The van der Waals surface area contributed by atoms with E-state index in [-0.39, 0.29) is 0 Å². The number of anilines is 1. The third-order valence-corrected chi connectivity index (χ3v) is 4.83. The van der Waals surface area contributed by atoms with Gasteiger partial charge in [0.2, 0.25) is 0 Å². The maximum Gasteiger partial charge on any atom is 0.161 e. The molecule has 2 N–H and O–H groups in total. The van der Waals surface area contributed by atoms with E-state index in [0.29, 0.717) is 22.3 Å². The Morgan fingerprint density at radius 2 is 2.00 bits per heavy atom. The van der Waals surface area contributed by atoms with Crippen molar-refractivity contribution in [3.63, 3.8) is 0 Å². The Bertz CT molecular complexity index is 1220. The van der Waals surface area contributed by atoms with Crippen molar-refractivity contribution in [2.24, 2.45) is 7.05 Å². The van der Waals surface area contributed by atoms with Crippen molar-refractivity contribution in [2.45, 2.75) is 13.8 Å². The fraction of sp³-hybridized carbons (Fsp3) is 0.211. The molecule has 0 spiro atoms. The summed E-state index contributed by atoms with van der Waals surface area (Å²) in [5.41, 5.74) is 11.9. The number of ether oxygens (including phenoxy) is 1. The minimum absolute atomic E-state index is 0.377. The van der Waals surface area contributed by atoms with Crippen LogP contribution in [0, 0.1) is 25.2 Å². The first-order chi connectivity index (χ1) is 12.5. The van der Waals surface area contributed by atoms with Crippen LogP contribution in [0.5, 0.6) is 5.75 Å². The lowest BCUT2D eigenvalue weighted by atomic mass is 10.1. The number of fused-ring (bicyclic) bond motifs is 3. The predicted molar refractivity (Wildman–Crippen MR) is 100 cm³/mol. The summed E-state index contributed by atoms with van der Waals surface area (Å²) in [6.07, 6.45) is 3.40. The molecule has 0 amide bonds. The maximum atomic E-state index is 9.67. The van der Waals surface area contributed by atoms with Gasteiger partial charge in [-0.15, -0.1) is 0 Å². The van der Waals surface area contributed by atoms with Crippen LogP contribution in [0.4, 0.5) is 5.82 Å². The normalized spacial score (nSPS) is 11.2. The first-order valence-electron chi connectivity index (χ1n) is 8.14. The van der Waals surface area contributed by atoms with E-state index in [2.05, 4.69) is 16.0 Å². The monoisotopic (exact) mass is 346 g/mol. The zero-order chi connectivity index (χ0) is 18.6. The fourth-order valence-electron chi connectivity index (χ4n) is 3.57. The predicted octanol–water partition coefficient (Wildman–Crippen LogP) is 2.99. The second-order valence-electron chi connectivity index (χ2n) is 6.31. The molecule has 26 heavy (non-hydrogen) atoms. The van der Waals surface area contributed by atoms with E-state index < -0.39 is 0 Å². The summed E-state index contributed by atoms with van der Waals surface area (Å²) in [6.45, 7) is 3.99. The Balaban J connectivity index is 2.26. The molecule has 0 unspecified atom stereocenters. The van der Waals surface area contributed by atoms with Gasteiger partial charge in [-0.05, 0) is 25.5 Å². The topological polar surface area (TPSA) is 94.7 Å². The Hall–Kier alpha value is -3.53. The first kappa shape index (κ1) is 16.0. The molecule has 0 fully saturated rings. The molecule has 7 heteroatoms. The molecule has 0 aliphatic carbocycles. The van der Waals surface area contributed by atoms with Crippen LogP contribution in [0.25, 0.3) is 27.8 Å². The van der Waals surface area contributed by atoms with Crippen molar-refractivity contribution in [1.29, 1.82) is 5.26 Å². The Labute approximate surface area is 150 Å². The third-order valence-electron chi connectivity index (χ3n) is 4.83. The number of aryl methyl sites for hydroxylation is 2. The molecule has 0 aliphatic rings. The molecule has 0 aliphatic heterocycles. The largest absolute Gasteiger partial charge is 0.496 e. The van der Waals surface area contributed by atoms with E-state index >= 15 is 0 Å². The van der Waals surface area contributed by atoms with Gasteiger partial charge in [0.15, 0.2) is 5.65 Å². The van der Waals surface area contributed by atoms with Crippen molar-refractivity contribution in [1.82, 2.24) is 19.1 Å². The van der Waals surface area contributed by atoms with Crippen molar-refractivity contribution in [3.05, 3.63) is 41.3 Å². The standard InChI is InChI=1S/C19H18N6O/c1-10-5-6-14(26-4)11(2)16(10)25-17-13(12(7-20)18(25)21)8-22-19-15(17)23-9-24(19)3/h5-6,8-9H,21H2,1-4H3. The highest BCUT2D eigenvalue weighted by atomic mass is 16.5. The molecule has 0 bridgehead atoms. The summed E-state index contributed by atoms with van der Waals surface area (Å²) in [5, 5.41) is 10.4. The smallest absolute Gasteiger partial charge is 0.161 e. The lowest BCUT2D eigenvalue weighted by Gasteiger charge is -2.17. The number of benzene rings is 1. The lowest BCUT2D eigenvalue weighted by Crippen LogP contribution is -2.06. The van der Waals surface area contributed by atoms with Crippen LogP contribution in [-0.2, 0) is 7.05 Å². The first-order valence-corrected chi connectivity index (χ1v) is 8.14. The molecule has 4 rings (SSSR count). The number of nitriles is 1. The molecular formula is C19H18N6O. The number of nitrogen functional groups attached to an aromatic ring is 1. The number of pyridine rings is 1. The SMILES string of the molecule is COc1ccc(C)c(-n2c(N)c(C#N)c3cnc4c(ncn4C)c32)c1C. The highest BCUT2D eigenvalue weighted by molar-refractivity contribution is 6.06. The van der Waals surface area contributed by atoms with Crippen molar-refractivity contribution >= 4 is 27.9 Å². The van der Waals surface area contributed by atoms with E-state index in [1.54, 1.807) is 19.6 Å². The summed E-state index contributed by atoms with van der Waals surface area (Å²) >= 11 is 0. The Kier molecular flexibility index (Phi) is 3.37. The van der Waals surface area contributed by atoms with Gasteiger partial charge in [-0.3, -0.25) is 4.57 Å². The Morgan fingerprint density at radius 1 is 1.23 bits per heavy atom. The van der Waals surface area contributed by atoms with Gasteiger partial charge in [-0.1, -0.05) is 6.07 Å². The van der Waals surface area contributed by atoms with E-state index in [4.69, 9.17) is 10.5 Å². The summed E-state index contributed by atoms with van der Waals surface area (Å²) in [4.78, 5) is 8.97. The van der Waals surface area contributed by atoms with Gasteiger partial charge < -0.3 is 15.0 Å². The average Bonchev–Trinajstić information content (AvgIpc) is 3.13. The number of hydrogen-bond donors (Lipinski definition) is 1. The van der Waals surface area contributed by atoms with E-state index in [0.717, 1.165) is 33.7 Å². The van der Waals surface area contributed by atoms with Gasteiger partial charge in [-0.2, -0.15) is 5.26 Å². The van der Waals surface area contributed by atoms with Crippen LogP contribution in [0.1, 0.15) is 16.7 Å². The second kappa shape index (κ2) is 5.49. The number of nitrogens with two attached hydrogens (primary N) is 1. The summed E-state index contributed by atoms with van der Waals surface area (Å²) in [7, 11) is 3.53. The molecule has 1 aromatic carbocycles. The molecular weight excluding hydrogens is 328 g/mol. The zero-order valence-corrected chi connectivity index (χ0v) is 15.0. The summed E-state index contributed by atoms with van der Waals surface area (Å²) in [5.74, 6) is 1.14. The van der Waals surface area contributed by atoms with Gasteiger partial charge in [0.1, 0.15) is 28.7 Å². The third kappa shape index (κ3) is 1.93. The molecule has 0 saturated heterocycles. The number of rotatable bonds is 2. The number of aromatic nitrogens is 4. The second-order valence-corrected chi connectivity index (χ2v) is 6.31. The number of nitrogens with zero attached hydrogens (tertiary/aromatic N) is 5. The summed E-state index contributed by atoms with van der Waals surface area (Å²) in [6, 6.07) is 6.13. The van der Waals surface area contributed by atoms with Crippen LogP contribution in [-0.4, -0.2) is 26.2 Å². The Morgan fingerprint density at radius 3 is 2.69 bits per heavy atom. The summed E-state index contributed by atoms with van der Waals surface area (Å²) < 4.78 is 9.24. The van der Waals surface area contributed by atoms with E-state index in [9.17, 15) is 5.26 Å². The molecule has 0 radical (unpaired) electrons. The highest BCUT2D eigenvalue weighted by Gasteiger charge is 2.23. The van der Waals surface area contributed by atoms with Crippen molar-refractivity contribution in [2.75, 3.05) is 12.8 Å². The van der Waals surface area contributed by atoms with Crippen LogP contribution < -0.4 is 10.5 Å². The minimum Gasteiger partial charge on any atom is -0.496 e. The van der Waals surface area contributed by atoms with Crippen LogP contribution in [0.2, 0.25) is 0 Å². The van der Waals surface area contributed by atoms with Crippen LogP contribution in [0.15, 0.2) is 24.7 Å². The van der Waals surface area contributed by atoms with Gasteiger partial charge in [-0.25, -0.2) is 9.97 Å². The van der Waals surface area contributed by atoms with E-state index in [1.165, 1.54) is 0 Å². The van der Waals surface area contributed by atoms with Crippen LogP contribution in [0.3, 0.4) is 0 Å². The molecule has 0 atom stereocenters. The van der Waals surface area contributed by atoms with E-state index in [1.807, 2.05) is 42.2 Å². The minimum atomic E-state index is 0.377. The molecule has 3 heterocycles. The van der Waals surface area contributed by atoms with Gasteiger partial charge >= 0.3 is 0 Å². The molecule has 0 saturated carbocycles.